The molecule has 6 nitrogen and oxygen atoms in total. The van der Waals surface area contributed by atoms with E-state index in [2.05, 4.69) is 81.5 Å². The minimum atomic E-state index is -0.105. The predicted octanol–water partition coefficient (Wildman–Crippen LogP) is 4.51. The van der Waals surface area contributed by atoms with E-state index in [1.165, 1.54) is 49.7 Å². The standard InChI is InChI=1S/C26H36N6/c1-5-13-23(14-6-1)25(27-21-31-19-11-3-9-17-29-31)26(24-15-7-2-8-16-24)28-22-32-20-12-4-10-18-30-32/h1-2,5-8,13-16,21-22,25-26,29-30H,3-4,9-12,17-20H2/t25-,26-/m0/s1. The van der Waals surface area contributed by atoms with E-state index in [1.807, 2.05) is 12.7 Å². The molecule has 0 bridgehead atoms. The fourth-order valence-corrected chi connectivity index (χ4v) is 4.27. The van der Waals surface area contributed by atoms with Crippen molar-refractivity contribution < 1.29 is 0 Å². The second kappa shape index (κ2) is 12.4. The molecule has 2 aromatic rings. The van der Waals surface area contributed by atoms with Crippen LogP contribution in [0.3, 0.4) is 0 Å². The summed E-state index contributed by atoms with van der Waals surface area (Å²) < 4.78 is 0. The number of hydrogen-bond acceptors (Lipinski definition) is 4. The maximum absolute atomic E-state index is 5.10. The van der Waals surface area contributed by atoms with Gasteiger partial charge in [0.15, 0.2) is 0 Å². The van der Waals surface area contributed by atoms with Crippen LogP contribution >= 0.6 is 0 Å². The molecule has 2 N–H and O–H groups in total. The molecule has 0 spiro atoms. The maximum atomic E-state index is 5.10. The molecule has 0 amide bonds. The van der Waals surface area contributed by atoms with Gasteiger partial charge in [-0.05, 0) is 36.8 Å². The number of nitrogens with one attached hydrogen (secondary N) is 2. The van der Waals surface area contributed by atoms with Crippen molar-refractivity contribution in [2.24, 2.45) is 9.98 Å². The Morgan fingerprint density at radius 1 is 0.594 bits per heavy atom. The summed E-state index contributed by atoms with van der Waals surface area (Å²) in [6.07, 6.45) is 11.3. The number of nitrogens with zero attached hydrogens (tertiary/aromatic N) is 4. The summed E-state index contributed by atoms with van der Waals surface area (Å²) in [5.41, 5.74) is 9.32. The first-order chi connectivity index (χ1) is 15.9. The number of rotatable bonds is 7. The van der Waals surface area contributed by atoms with Crippen molar-refractivity contribution in [3.05, 3.63) is 71.8 Å². The third-order valence-corrected chi connectivity index (χ3v) is 6.10. The van der Waals surface area contributed by atoms with Crippen LogP contribution in [0.5, 0.6) is 0 Å². The lowest BCUT2D eigenvalue weighted by atomic mass is 9.94. The fourth-order valence-electron chi connectivity index (χ4n) is 4.27. The molecule has 4 rings (SSSR count). The molecule has 2 fully saturated rings. The third-order valence-electron chi connectivity index (χ3n) is 6.10. The van der Waals surface area contributed by atoms with Gasteiger partial charge in [-0.25, -0.2) is 10.9 Å². The zero-order valence-corrected chi connectivity index (χ0v) is 18.9. The van der Waals surface area contributed by atoms with Gasteiger partial charge in [-0.15, -0.1) is 0 Å². The Morgan fingerprint density at radius 3 is 1.47 bits per heavy atom. The van der Waals surface area contributed by atoms with Crippen molar-refractivity contribution in [1.29, 1.82) is 0 Å². The number of benzene rings is 2. The van der Waals surface area contributed by atoms with E-state index in [0.717, 1.165) is 26.2 Å². The average Bonchev–Trinajstić information content (AvgIpc) is 3.27. The lowest BCUT2D eigenvalue weighted by Crippen LogP contribution is -2.37. The molecule has 2 saturated heterocycles. The molecule has 0 unspecified atom stereocenters. The van der Waals surface area contributed by atoms with Gasteiger partial charge in [0.05, 0.1) is 0 Å². The van der Waals surface area contributed by atoms with E-state index in [0.29, 0.717) is 0 Å². The second-order valence-electron chi connectivity index (χ2n) is 8.56. The first-order valence-corrected chi connectivity index (χ1v) is 12.1. The number of hydrazine groups is 2. The van der Waals surface area contributed by atoms with E-state index in [-0.39, 0.29) is 12.1 Å². The van der Waals surface area contributed by atoms with Gasteiger partial charge in [0.1, 0.15) is 24.8 Å². The van der Waals surface area contributed by atoms with Crippen LogP contribution in [0, 0.1) is 0 Å². The molecule has 2 aromatic carbocycles. The first-order valence-electron chi connectivity index (χ1n) is 12.1. The van der Waals surface area contributed by atoms with E-state index >= 15 is 0 Å². The van der Waals surface area contributed by atoms with Crippen LogP contribution in [-0.4, -0.2) is 48.9 Å². The van der Waals surface area contributed by atoms with Gasteiger partial charge in [-0.2, -0.15) is 0 Å². The Balaban J connectivity index is 1.64. The molecule has 6 heteroatoms. The molecule has 2 aliphatic rings. The third kappa shape index (κ3) is 6.65. The summed E-state index contributed by atoms with van der Waals surface area (Å²) in [5.74, 6) is 0. The lowest BCUT2D eigenvalue weighted by molar-refractivity contribution is 0.334. The smallest absolute Gasteiger partial charge is 0.103 e. The van der Waals surface area contributed by atoms with Gasteiger partial charge in [0.25, 0.3) is 0 Å². The summed E-state index contributed by atoms with van der Waals surface area (Å²) >= 11 is 0. The molecule has 0 saturated carbocycles. The number of aliphatic imine (C=N–C) groups is 2. The van der Waals surface area contributed by atoms with Gasteiger partial charge >= 0.3 is 0 Å². The van der Waals surface area contributed by atoms with Crippen LogP contribution in [-0.2, 0) is 0 Å². The monoisotopic (exact) mass is 432 g/mol. The quantitative estimate of drug-likeness (QED) is 0.499. The summed E-state index contributed by atoms with van der Waals surface area (Å²) in [6.45, 7) is 3.98. The second-order valence-corrected chi connectivity index (χ2v) is 8.56. The highest BCUT2D eigenvalue weighted by molar-refractivity contribution is 5.57. The largest absolute Gasteiger partial charge is 0.299 e. The zero-order valence-electron chi connectivity index (χ0n) is 18.9. The molecular weight excluding hydrogens is 396 g/mol. The van der Waals surface area contributed by atoms with Gasteiger partial charge < -0.3 is 0 Å². The Hall–Kier alpha value is -2.70. The Labute approximate surface area is 192 Å². The topological polar surface area (TPSA) is 55.3 Å². The van der Waals surface area contributed by atoms with Crippen LogP contribution in [0.1, 0.15) is 61.7 Å². The zero-order chi connectivity index (χ0) is 21.8. The minimum Gasteiger partial charge on any atom is -0.299 e. The van der Waals surface area contributed by atoms with Gasteiger partial charge in [-0.3, -0.25) is 20.0 Å². The minimum absolute atomic E-state index is 0.105. The fraction of sp³-hybridized carbons (Fsp3) is 0.462. The van der Waals surface area contributed by atoms with Crippen LogP contribution in [0.4, 0.5) is 0 Å². The van der Waals surface area contributed by atoms with Crippen LogP contribution in [0.15, 0.2) is 70.6 Å². The molecule has 2 heterocycles. The van der Waals surface area contributed by atoms with Gasteiger partial charge in [0.2, 0.25) is 0 Å². The Bertz CT molecular complexity index is 750. The number of hydrogen-bond donors (Lipinski definition) is 2. The van der Waals surface area contributed by atoms with Crippen LogP contribution in [0.25, 0.3) is 0 Å². The van der Waals surface area contributed by atoms with E-state index in [9.17, 15) is 0 Å². The molecule has 0 aromatic heterocycles. The van der Waals surface area contributed by atoms with Crippen molar-refractivity contribution in [2.45, 2.75) is 50.6 Å². The van der Waals surface area contributed by atoms with Crippen molar-refractivity contribution in [1.82, 2.24) is 20.9 Å². The van der Waals surface area contributed by atoms with Crippen molar-refractivity contribution >= 4 is 12.7 Å². The predicted molar refractivity (Wildman–Crippen MR) is 132 cm³/mol. The van der Waals surface area contributed by atoms with Crippen LogP contribution < -0.4 is 10.9 Å². The molecule has 0 aliphatic carbocycles. The Kier molecular flexibility index (Phi) is 8.69. The summed E-state index contributed by atoms with van der Waals surface area (Å²) in [5, 5.41) is 4.29. The van der Waals surface area contributed by atoms with Crippen molar-refractivity contribution in [3.8, 4) is 0 Å². The summed E-state index contributed by atoms with van der Waals surface area (Å²) in [7, 11) is 0. The first kappa shape index (κ1) is 22.5. The normalized spacial score (nSPS) is 20.2. The Morgan fingerprint density at radius 2 is 1.03 bits per heavy atom. The highest BCUT2D eigenvalue weighted by Gasteiger charge is 2.24. The van der Waals surface area contributed by atoms with E-state index < -0.39 is 0 Å². The average molecular weight is 433 g/mol. The highest BCUT2D eigenvalue weighted by atomic mass is 15.5. The molecular formula is C26H36N6. The summed E-state index contributed by atoms with van der Waals surface area (Å²) in [4.78, 5) is 10.2. The molecule has 170 valence electrons. The molecule has 0 radical (unpaired) electrons. The van der Waals surface area contributed by atoms with Gasteiger partial charge in [-0.1, -0.05) is 73.5 Å². The molecule has 32 heavy (non-hydrogen) atoms. The maximum Gasteiger partial charge on any atom is 0.103 e. The highest BCUT2D eigenvalue weighted by Crippen LogP contribution is 2.35. The van der Waals surface area contributed by atoms with Crippen molar-refractivity contribution in [2.75, 3.05) is 26.2 Å². The summed E-state index contributed by atoms with van der Waals surface area (Å²) in [6, 6.07) is 20.9. The molecule has 2 atom stereocenters. The van der Waals surface area contributed by atoms with E-state index in [4.69, 9.17) is 9.98 Å². The van der Waals surface area contributed by atoms with E-state index in [1.54, 1.807) is 0 Å². The lowest BCUT2D eigenvalue weighted by Gasteiger charge is -2.25. The van der Waals surface area contributed by atoms with Crippen molar-refractivity contribution in [3.63, 3.8) is 0 Å². The van der Waals surface area contributed by atoms with Gasteiger partial charge in [0, 0.05) is 26.2 Å². The van der Waals surface area contributed by atoms with Crippen LogP contribution in [0.2, 0.25) is 0 Å². The molecule has 2 aliphatic heterocycles. The SMILES string of the molecule is C(=N[C@@H](c1ccccc1)[C@@H](N=CN1CCCCCN1)c1ccccc1)N1CCCCCN1.